The standard InChI is InChI=1S/C20H26ClN5O5S/c1-12-7-13(2)26(24-12)11-19(27)22-23-20(28)16-5-6-17(21)18(8-16)32(29,30)25-9-14(3)31-15(4)10-25/h5-8,14-15H,9-11H2,1-4H3,(H,22,27)(H,23,28)/t14-,15-/m1/s1. The van der Waals surface area contributed by atoms with Crippen LogP contribution in [0.25, 0.3) is 0 Å². The Morgan fingerprint density at radius 2 is 1.81 bits per heavy atom. The molecule has 32 heavy (non-hydrogen) atoms. The fourth-order valence-corrected chi connectivity index (χ4v) is 5.61. The van der Waals surface area contributed by atoms with E-state index in [1.54, 1.807) is 13.8 Å². The lowest BCUT2D eigenvalue weighted by Gasteiger charge is -2.34. The zero-order valence-corrected chi connectivity index (χ0v) is 19.8. The van der Waals surface area contributed by atoms with Crippen LogP contribution in [0.1, 0.15) is 35.6 Å². The number of nitrogens with zero attached hydrogens (tertiary/aromatic N) is 3. The lowest BCUT2D eigenvalue weighted by molar-refractivity contribution is -0.122. The maximum atomic E-state index is 13.2. The van der Waals surface area contributed by atoms with Crippen LogP contribution in [-0.2, 0) is 26.1 Å². The first-order valence-electron chi connectivity index (χ1n) is 10.0. The molecule has 0 bridgehead atoms. The number of rotatable bonds is 5. The second-order valence-corrected chi connectivity index (χ2v) is 10.1. The predicted octanol–water partition coefficient (Wildman–Crippen LogP) is 1.41. The monoisotopic (exact) mass is 483 g/mol. The van der Waals surface area contributed by atoms with Crippen molar-refractivity contribution >= 4 is 33.4 Å². The van der Waals surface area contributed by atoms with Crippen molar-refractivity contribution in [3.8, 4) is 0 Å². The Morgan fingerprint density at radius 3 is 2.41 bits per heavy atom. The van der Waals surface area contributed by atoms with Gasteiger partial charge in [0.1, 0.15) is 11.4 Å². The Bertz CT molecular complexity index is 1120. The summed E-state index contributed by atoms with van der Waals surface area (Å²) in [5.41, 5.74) is 6.21. The van der Waals surface area contributed by atoms with Crippen LogP contribution in [-0.4, -0.2) is 59.6 Å². The highest BCUT2D eigenvalue weighted by Crippen LogP contribution is 2.28. The number of aromatic nitrogens is 2. The number of benzene rings is 1. The molecule has 1 aromatic heterocycles. The van der Waals surface area contributed by atoms with Gasteiger partial charge in [-0.15, -0.1) is 0 Å². The molecular weight excluding hydrogens is 458 g/mol. The summed E-state index contributed by atoms with van der Waals surface area (Å²) >= 11 is 6.16. The molecule has 3 rings (SSSR count). The number of aryl methyl sites for hydroxylation is 2. The number of amides is 2. The van der Waals surface area contributed by atoms with E-state index < -0.39 is 21.8 Å². The van der Waals surface area contributed by atoms with Crippen LogP contribution >= 0.6 is 11.6 Å². The van der Waals surface area contributed by atoms with Gasteiger partial charge in [0.15, 0.2) is 0 Å². The lowest BCUT2D eigenvalue weighted by Crippen LogP contribution is -2.48. The van der Waals surface area contributed by atoms with Gasteiger partial charge in [0.2, 0.25) is 10.0 Å². The van der Waals surface area contributed by atoms with E-state index in [2.05, 4.69) is 16.0 Å². The van der Waals surface area contributed by atoms with E-state index in [0.717, 1.165) is 11.4 Å². The number of hydrogen-bond acceptors (Lipinski definition) is 6. The average molecular weight is 484 g/mol. The zero-order valence-electron chi connectivity index (χ0n) is 18.3. The van der Waals surface area contributed by atoms with E-state index in [0.29, 0.717) is 0 Å². The molecule has 12 heteroatoms. The van der Waals surface area contributed by atoms with Crippen LogP contribution in [0.2, 0.25) is 5.02 Å². The molecule has 0 aliphatic carbocycles. The molecule has 2 heterocycles. The van der Waals surface area contributed by atoms with Crippen molar-refractivity contribution in [2.75, 3.05) is 13.1 Å². The van der Waals surface area contributed by atoms with E-state index in [9.17, 15) is 18.0 Å². The van der Waals surface area contributed by atoms with Gasteiger partial charge in [0, 0.05) is 24.3 Å². The summed E-state index contributed by atoms with van der Waals surface area (Å²) in [4.78, 5) is 24.5. The van der Waals surface area contributed by atoms with Crippen molar-refractivity contribution in [1.82, 2.24) is 24.9 Å². The van der Waals surface area contributed by atoms with Crippen molar-refractivity contribution in [2.24, 2.45) is 0 Å². The summed E-state index contributed by atoms with van der Waals surface area (Å²) in [5, 5.41) is 4.19. The van der Waals surface area contributed by atoms with E-state index in [4.69, 9.17) is 16.3 Å². The van der Waals surface area contributed by atoms with Gasteiger partial charge in [-0.3, -0.25) is 25.1 Å². The number of ether oxygens (including phenoxy) is 1. The van der Waals surface area contributed by atoms with Crippen LogP contribution < -0.4 is 10.9 Å². The Balaban J connectivity index is 1.71. The van der Waals surface area contributed by atoms with E-state index in [-0.39, 0.29) is 47.3 Å². The Labute approximate surface area is 191 Å². The molecule has 0 unspecified atom stereocenters. The first kappa shape index (κ1) is 24.2. The minimum Gasteiger partial charge on any atom is -0.373 e. The molecule has 1 aliphatic heterocycles. The van der Waals surface area contributed by atoms with Crippen LogP contribution in [0.5, 0.6) is 0 Å². The van der Waals surface area contributed by atoms with Gasteiger partial charge in [0.25, 0.3) is 11.8 Å². The van der Waals surface area contributed by atoms with Crippen LogP contribution in [0.15, 0.2) is 29.2 Å². The van der Waals surface area contributed by atoms with Crippen LogP contribution in [0, 0.1) is 13.8 Å². The number of carbonyl (C=O) groups is 2. The summed E-state index contributed by atoms with van der Waals surface area (Å²) in [5.74, 6) is -1.16. The van der Waals surface area contributed by atoms with E-state index >= 15 is 0 Å². The van der Waals surface area contributed by atoms with Crippen molar-refractivity contribution in [3.63, 3.8) is 0 Å². The molecule has 1 saturated heterocycles. The molecule has 10 nitrogen and oxygen atoms in total. The molecule has 1 aromatic carbocycles. The number of hydrogen-bond donors (Lipinski definition) is 2. The van der Waals surface area contributed by atoms with Gasteiger partial charge in [-0.2, -0.15) is 9.40 Å². The molecule has 1 fully saturated rings. The van der Waals surface area contributed by atoms with Crippen LogP contribution in [0.4, 0.5) is 0 Å². The van der Waals surface area contributed by atoms with Crippen LogP contribution in [0.3, 0.4) is 0 Å². The minimum atomic E-state index is -3.95. The van der Waals surface area contributed by atoms with Crippen molar-refractivity contribution in [1.29, 1.82) is 0 Å². The topological polar surface area (TPSA) is 123 Å². The number of halogens is 1. The summed E-state index contributed by atoms with van der Waals surface area (Å²) in [7, 11) is -3.95. The highest BCUT2D eigenvalue weighted by molar-refractivity contribution is 7.89. The first-order chi connectivity index (χ1) is 15.0. The Morgan fingerprint density at radius 1 is 1.16 bits per heavy atom. The minimum absolute atomic E-state index is 0.00177. The van der Waals surface area contributed by atoms with Gasteiger partial charge in [-0.05, 0) is 52.0 Å². The maximum Gasteiger partial charge on any atom is 0.269 e. The first-order valence-corrected chi connectivity index (χ1v) is 11.8. The number of hydrazine groups is 1. The van der Waals surface area contributed by atoms with Gasteiger partial charge >= 0.3 is 0 Å². The van der Waals surface area contributed by atoms with E-state index in [1.807, 2.05) is 19.9 Å². The fraction of sp³-hybridized carbons (Fsp3) is 0.450. The SMILES string of the molecule is Cc1cc(C)n(CC(=O)NNC(=O)c2ccc(Cl)c(S(=O)(=O)N3C[C@@H](C)O[C@H](C)C3)c2)n1. The second kappa shape index (κ2) is 9.57. The quantitative estimate of drug-likeness (QED) is 0.620. The zero-order chi connectivity index (χ0) is 23.6. The summed E-state index contributed by atoms with van der Waals surface area (Å²) < 4.78 is 34.7. The normalized spacial score (nSPS) is 19.5. The second-order valence-electron chi connectivity index (χ2n) is 7.81. The van der Waals surface area contributed by atoms with Gasteiger partial charge in [0.05, 0.1) is 22.9 Å². The smallest absolute Gasteiger partial charge is 0.269 e. The molecule has 1 aliphatic rings. The molecule has 0 spiro atoms. The lowest BCUT2D eigenvalue weighted by atomic mass is 10.2. The molecular formula is C20H26ClN5O5S. The summed E-state index contributed by atoms with van der Waals surface area (Å²) in [6.45, 7) is 7.50. The Kier molecular flexibility index (Phi) is 7.23. The molecule has 0 radical (unpaired) electrons. The van der Waals surface area contributed by atoms with E-state index in [1.165, 1.54) is 27.2 Å². The highest BCUT2D eigenvalue weighted by atomic mass is 35.5. The largest absolute Gasteiger partial charge is 0.373 e. The summed E-state index contributed by atoms with van der Waals surface area (Å²) in [6, 6.07) is 5.76. The molecule has 2 aromatic rings. The van der Waals surface area contributed by atoms with Crippen molar-refractivity contribution in [3.05, 3.63) is 46.2 Å². The number of sulfonamides is 1. The third kappa shape index (κ3) is 5.47. The third-order valence-corrected chi connectivity index (χ3v) is 7.22. The number of carbonyl (C=O) groups excluding carboxylic acids is 2. The summed E-state index contributed by atoms with van der Waals surface area (Å²) in [6.07, 6.45) is -0.535. The molecule has 2 N–H and O–H groups in total. The van der Waals surface area contributed by atoms with Gasteiger partial charge < -0.3 is 4.74 Å². The van der Waals surface area contributed by atoms with Gasteiger partial charge in [-0.25, -0.2) is 8.42 Å². The molecule has 174 valence electrons. The fourth-order valence-electron chi connectivity index (χ4n) is 3.52. The maximum absolute atomic E-state index is 13.2. The third-order valence-electron chi connectivity index (χ3n) is 4.91. The number of nitrogens with one attached hydrogen (secondary N) is 2. The Hall–Kier alpha value is -2.47. The average Bonchev–Trinajstić information content (AvgIpc) is 3.02. The van der Waals surface area contributed by atoms with Crippen molar-refractivity contribution < 1.29 is 22.7 Å². The molecule has 0 saturated carbocycles. The number of morpholine rings is 1. The molecule has 2 atom stereocenters. The van der Waals surface area contributed by atoms with Crippen molar-refractivity contribution in [2.45, 2.75) is 51.3 Å². The predicted molar refractivity (Wildman–Crippen MR) is 118 cm³/mol. The van der Waals surface area contributed by atoms with Gasteiger partial charge in [-0.1, -0.05) is 11.6 Å². The molecule has 2 amide bonds. The highest BCUT2D eigenvalue weighted by Gasteiger charge is 2.33.